The number of amides is 1. The molecule has 0 aromatic carbocycles. The molecule has 0 rings (SSSR count). The zero-order valence-electron chi connectivity index (χ0n) is 11.0. The van der Waals surface area contributed by atoms with E-state index in [-0.39, 0.29) is 19.1 Å². The number of carboxylic acid groups (broad SMARTS) is 1. The van der Waals surface area contributed by atoms with Gasteiger partial charge < -0.3 is 19.6 Å². The van der Waals surface area contributed by atoms with E-state index in [0.29, 0.717) is 13.1 Å². The summed E-state index contributed by atoms with van der Waals surface area (Å²) in [6, 6.07) is 0. The molecule has 0 aromatic rings. The first-order valence-electron chi connectivity index (χ1n) is 5.52. The van der Waals surface area contributed by atoms with Crippen molar-refractivity contribution < 1.29 is 19.4 Å². The fraction of sp³-hybridized carbons (Fsp3) is 0.818. The molecule has 0 aliphatic carbocycles. The molecule has 1 unspecified atom stereocenters. The Bertz CT molecular complexity index is 256. The molecule has 0 saturated carbocycles. The second-order valence-electron chi connectivity index (χ2n) is 4.32. The van der Waals surface area contributed by atoms with Crippen molar-refractivity contribution in [2.24, 2.45) is 5.92 Å². The zero-order valence-corrected chi connectivity index (χ0v) is 11.0. The number of nitrogens with zero attached hydrogens (tertiary/aromatic N) is 2. The molecular weight excluding hydrogens is 224 g/mol. The van der Waals surface area contributed by atoms with Gasteiger partial charge in [0.2, 0.25) is 5.91 Å². The van der Waals surface area contributed by atoms with E-state index < -0.39 is 11.9 Å². The van der Waals surface area contributed by atoms with Gasteiger partial charge in [0.05, 0.1) is 5.92 Å². The van der Waals surface area contributed by atoms with Gasteiger partial charge in [-0.2, -0.15) is 0 Å². The Balaban J connectivity index is 4.38. The lowest BCUT2D eigenvalue weighted by atomic mass is 10.1. The molecule has 6 heteroatoms. The molecule has 0 aromatic heterocycles. The summed E-state index contributed by atoms with van der Waals surface area (Å²) in [6.45, 7) is 2.99. The number of rotatable bonds is 8. The van der Waals surface area contributed by atoms with Crippen LogP contribution in [0, 0.1) is 5.92 Å². The molecule has 0 spiro atoms. The second-order valence-corrected chi connectivity index (χ2v) is 4.32. The number of methoxy groups -OCH3 is 1. The molecule has 0 aliphatic rings. The van der Waals surface area contributed by atoms with Crippen LogP contribution in [0.4, 0.5) is 0 Å². The SMILES string of the molecule is COCC(=O)N(CCN(C)C)CC(C)C(=O)O. The predicted molar refractivity (Wildman–Crippen MR) is 63.8 cm³/mol. The quantitative estimate of drug-likeness (QED) is 0.639. The van der Waals surface area contributed by atoms with Crippen LogP contribution in [0.1, 0.15) is 6.92 Å². The maximum Gasteiger partial charge on any atom is 0.308 e. The van der Waals surface area contributed by atoms with Crippen LogP contribution in [0.15, 0.2) is 0 Å². The van der Waals surface area contributed by atoms with E-state index in [2.05, 4.69) is 0 Å². The predicted octanol–water partition coefficient (Wildman–Crippen LogP) is -0.256. The van der Waals surface area contributed by atoms with Gasteiger partial charge in [-0.05, 0) is 14.1 Å². The highest BCUT2D eigenvalue weighted by Crippen LogP contribution is 2.01. The minimum Gasteiger partial charge on any atom is -0.481 e. The van der Waals surface area contributed by atoms with Gasteiger partial charge in [0.1, 0.15) is 6.61 Å². The third-order valence-corrected chi connectivity index (χ3v) is 2.35. The van der Waals surface area contributed by atoms with E-state index in [1.54, 1.807) is 6.92 Å². The number of hydrogen-bond acceptors (Lipinski definition) is 4. The summed E-state index contributed by atoms with van der Waals surface area (Å²) in [7, 11) is 5.25. The topological polar surface area (TPSA) is 70.1 Å². The van der Waals surface area contributed by atoms with E-state index in [1.807, 2.05) is 19.0 Å². The van der Waals surface area contributed by atoms with Crippen LogP contribution in [0.5, 0.6) is 0 Å². The second kappa shape index (κ2) is 8.03. The summed E-state index contributed by atoms with van der Waals surface area (Å²) in [4.78, 5) is 26.0. The molecule has 0 fully saturated rings. The molecule has 17 heavy (non-hydrogen) atoms. The number of carbonyl (C=O) groups is 2. The summed E-state index contributed by atoms with van der Waals surface area (Å²) >= 11 is 0. The highest BCUT2D eigenvalue weighted by molar-refractivity contribution is 5.78. The maximum absolute atomic E-state index is 11.7. The summed E-state index contributed by atoms with van der Waals surface area (Å²) < 4.78 is 4.78. The van der Waals surface area contributed by atoms with Crippen molar-refractivity contribution in [1.29, 1.82) is 0 Å². The number of hydrogen-bond donors (Lipinski definition) is 1. The van der Waals surface area contributed by atoms with Gasteiger partial charge >= 0.3 is 5.97 Å². The largest absolute Gasteiger partial charge is 0.481 e. The molecule has 6 nitrogen and oxygen atoms in total. The van der Waals surface area contributed by atoms with Gasteiger partial charge in [-0.15, -0.1) is 0 Å². The van der Waals surface area contributed by atoms with E-state index in [9.17, 15) is 9.59 Å². The molecule has 0 aliphatic heterocycles. The minimum atomic E-state index is -0.898. The average molecular weight is 246 g/mol. The van der Waals surface area contributed by atoms with Crippen molar-refractivity contribution in [2.45, 2.75) is 6.92 Å². The molecule has 100 valence electrons. The number of ether oxygens (including phenoxy) is 1. The van der Waals surface area contributed by atoms with Crippen molar-refractivity contribution in [3.63, 3.8) is 0 Å². The molecule has 0 radical (unpaired) electrons. The number of carbonyl (C=O) groups excluding carboxylic acids is 1. The third kappa shape index (κ3) is 6.91. The first-order chi connectivity index (χ1) is 7.88. The Labute approximate surface area is 102 Å². The van der Waals surface area contributed by atoms with Crippen molar-refractivity contribution in [3.8, 4) is 0 Å². The van der Waals surface area contributed by atoms with Crippen molar-refractivity contribution in [3.05, 3.63) is 0 Å². The van der Waals surface area contributed by atoms with Gasteiger partial charge in [-0.1, -0.05) is 6.92 Å². The third-order valence-electron chi connectivity index (χ3n) is 2.35. The number of carboxylic acids is 1. The monoisotopic (exact) mass is 246 g/mol. The molecule has 1 N–H and O–H groups in total. The Hall–Kier alpha value is -1.14. The van der Waals surface area contributed by atoms with E-state index in [4.69, 9.17) is 9.84 Å². The standard InChI is InChI=1S/C11H22N2O4/c1-9(11(15)16)7-13(6-5-12(2)3)10(14)8-17-4/h9H,5-8H2,1-4H3,(H,15,16). The average Bonchev–Trinajstić information content (AvgIpc) is 2.23. The maximum atomic E-state index is 11.7. The Kier molecular flexibility index (Phi) is 7.49. The van der Waals surface area contributed by atoms with Gasteiger partial charge in [0.15, 0.2) is 0 Å². The van der Waals surface area contributed by atoms with Crippen LogP contribution in [-0.4, -0.2) is 74.2 Å². The lowest BCUT2D eigenvalue weighted by Crippen LogP contribution is -2.42. The van der Waals surface area contributed by atoms with Gasteiger partial charge in [-0.25, -0.2) is 0 Å². The lowest BCUT2D eigenvalue weighted by Gasteiger charge is -2.25. The molecule has 0 saturated heterocycles. The first-order valence-corrected chi connectivity index (χ1v) is 5.52. The van der Waals surface area contributed by atoms with Crippen molar-refractivity contribution >= 4 is 11.9 Å². The first kappa shape index (κ1) is 15.9. The normalized spacial score (nSPS) is 12.5. The molecule has 1 amide bonds. The fourth-order valence-electron chi connectivity index (χ4n) is 1.26. The van der Waals surface area contributed by atoms with Crippen LogP contribution in [-0.2, 0) is 14.3 Å². The summed E-state index contributed by atoms with van der Waals surface area (Å²) in [5.74, 6) is -1.65. The van der Waals surface area contributed by atoms with Gasteiger partial charge in [-0.3, -0.25) is 9.59 Å². The van der Waals surface area contributed by atoms with E-state index in [1.165, 1.54) is 12.0 Å². The van der Waals surface area contributed by atoms with Crippen molar-refractivity contribution in [1.82, 2.24) is 9.80 Å². The Morgan fingerprint density at radius 3 is 2.29 bits per heavy atom. The van der Waals surface area contributed by atoms with Crippen LogP contribution in [0.2, 0.25) is 0 Å². The van der Waals surface area contributed by atoms with Crippen LogP contribution in [0.3, 0.4) is 0 Å². The Morgan fingerprint density at radius 2 is 1.88 bits per heavy atom. The molecule has 0 heterocycles. The zero-order chi connectivity index (χ0) is 13.4. The molecular formula is C11H22N2O4. The number of likely N-dealkylation sites (N-methyl/N-ethyl adjacent to an activating group) is 1. The van der Waals surface area contributed by atoms with E-state index in [0.717, 1.165) is 0 Å². The Morgan fingerprint density at radius 1 is 1.29 bits per heavy atom. The molecule has 1 atom stereocenters. The smallest absolute Gasteiger partial charge is 0.308 e. The summed E-state index contributed by atoms with van der Waals surface area (Å²) in [5.41, 5.74) is 0. The van der Waals surface area contributed by atoms with Gasteiger partial charge in [0, 0.05) is 26.7 Å². The fourth-order valence-corrected chi connectivity index (χ4v) is 1.26. The van der Waals surface area contributed by atoms with Crippen LogP contribution >= 0.6 is 0 Å². The van der Waals surface area contributed by atoms with Gasteiger partial charge in [0.25, 0.3) is 0 Å². The van der Waals surface area contributed by atoms with E-state index >= 15 is 0 Å². The number of aliphatic carboxylic acids is 1. The van der Waals surface area contributed by atoms with Crippen LogP contribution < -0.4 is 0 Å². The highest BCUT2D eigenvalue weighted by atomic mass is 16.5. The van der Waals surface area contributed by atoms with Crippen molar-refractivity contribution in [2.75, 3.05) is 47.4 Å². The minimum absolute atomic E-state index is 0.0141. The summed E-state index contributed by atoms with van der Waals surface area (Å²) in [6.07, 6.45) is 0. The molecule has 0 bridgehead atoms. The lowest BCUT2D eigenvalue weighted by molar-refractivity contribution is -0.143. The highest BCUT2D eigenvalue weighted by Gasteiger charge is 2.20. The summed E-state index contributed by atoms with van der Waals surface area (Å²) in [5, 5.41) is 8.84. The van der Waals surface area contributed by atoms with Crippen LogP contribution in [0.25, 0.3) is 0 Å².